The predicted molar refractivity (Wildman–Crippen MR) is 156 cm³/mol. The van der Waals surface area contributed by atoms with Crippen LogP contribution < -0.4 is 5.69 Å². The minimum Gasteiger partial charge on any atom is -0.300 e. The number of hydrogen-bond donors (Lipinski definition) is 1. The van der Waals surface area contributed by atoms with Crippen LogP contribution in [0.5, 0.6) is 0 Å². The number of hydrogen-bond acceptors (Lipinski definition) is 6. The molecule has 2 aromatic heterocycles. The molecular weight excluding hydrogens is 502 g/mol. The number of imidazole rings is 1. The second kappa shape index (κ2) is 11.9. The zero-order chi connectivity index (χ0) is 28.3. The zero-order valence-corrected chi connectivity index (χ0v) is 24.1. The van der Waals surface area contributed by atoms with Crippen molar-refractivity contribution in [1.29, 1.82) is 0 Å². The van der Waals surface area contributed by atoms with E-state index in [4.69, 9.17) is 0 Å². The van der Waals surface area contributed by atoms with E-state index in [-0.39, 0.29) is 29.4 Å². The summed E-state index contributed by atoms with van der Waals surface area (Å²) in [7, 11) is 0. The van der Waals surface area contributed by atoms with Crippen LogP contribution in [0.4, 0.5) is 0 Å². The maximum absolute atomic E-state index is 14.4. The average molecular weight is 544 g/mol. The topological polar surface area (TPSA) is 111 Å². The van der Waals surface area contributed by atoms with Crippen LogP contribution in [0.1, 0.15) is 83.5 Å². The van der Waals surface area contributed by atoms with Crippen molar-refractivity contribution in [2.45, 2.75) is 90.6 Å². The molecule has 9 nitrogen and oxygen atoms in total. The highest BCUT2D eigenvalue weighted by Gasteiger charge is 2.40. The Morgan fingerprint density at radius 2 is 2.10 bits per heavy atom. The number of allylic oxidation sites excluding steroid dienone is 1. The Bertz CT molecular complexity index is 1430. The van der Waals surface area contributed by atoms with Crippen LogP contribution in [0.3, 0.4) is 0 Å². The van der Waals surface area contributed by atoms with Crippen molar-refractivity contribution in [3.05, 3.63) is 64.5 Å². The molecule has 1 saturated carbocycles. The number of nitrogens with zero attached hydrogens (tertiary/aromatic N) is 6. The number of rotatable bonds is 10. The predicted octanol–water partition coefficient (Wildman–Crippen LogP) is 5.30. The van der Waals surface area contributed by atoms with Crippen molar-refractivity contribution in [2.24, 2.45) is 22.7 Å². The summed E-state index contributed by atoms with van der Waals surface area (Å²) in [6.45, 7) is 8.80. The lowest BCUT2D eigenvalue weighted by molar-refractivity contribution is -0.124. The van der Waals surface area contributed by atoms with Gasteiger partial charge in [0, 0.05) is 47.7 Å². The minimum absolute atomic E-state index is 0.0132. The number of carbonyl (C=O) groups excluding carboxylic acids is 1. The molecule has 1 aliphatic carbocycles. The number of Topliss-reactive ketones (excluding diaryl/α,β-unsaturated/α-hetero) is 1. The van der Waals surface area contributed by atoms with E-state index >= 15 is 0 Å². The second-order valence-corrected chi connectivity index (χ2v) is 11.9. The number of ketones is 1. The molecule has 0 bridgehead atoms. The molecule has 1 aliphatic heterocycles. The van der Waals surface area contributed by atoms with Gasteiger partial charge >= 0.3 is 5.69 Å². The molecule has 3 heterocycles. The normalized spacial score (nSPS) is 24.6. The van der Waals surface area contributed by atoms with Gasteiger partial charge in [0.1, 0.15) is 5.78 Å². The summed E-state index contributed by atoms with van der Waals surface area (Å²) in [5, 5.41) is 14.4. The fourth-order valence-corrected chi connectivity index (χ4v) is 6.77. The Morgan fingerprint density at radius 1 is 1.25 bits per heavy atom. The lowest BCUT2D eigenvalue weighted by Crippen LogP contribution is -2.43. The van der Waals surface area contributed by atoms with Gasteiger partial charge < -0.3 is 0 Å². The number of unbranched alkanes of at least 4 members (excludes halogenated alkanes) is 1. The minimum atomic E-state index is -0.466. The monoisotopic (exact) mass is 543 g/mol. The number of aromatic nitrogens is 6. The first kappa shape index (κ1) is 27.9. The summed E-state index contributed by atoms with van der Waals surface area (Å²) in [5.41, 5.74) is 2.52. The maximum Gasteiger partial charge on any atom is 0.328 e. The molecule has 4 atom stereocenters. The molecule has 0 saturated heterocycles. The number of aromatic amines is 1. The fourth-order valence-electron chi connectivity index (χ4n) is 6.77. The van der Waals surface area contributed by atoms with Crippen LogP contribution >= 0.6 is 0 Å². The van der Waals surface area contributed by atoms with Gasteiger partial charge in [-0.2, -0.15) is 0 Å². The molecule has 9 heteroatoms. The van der Waals surface area contributed by atoms with Crippen LogP contribution in [0.2, 0.25) is 0 Å². The van der Waals surface area contributed by atoms with E-state index in [9.17, 15) is 9.59 Å². The van der Waals surface area contributed by atoms with Gasteiger partial charge in [-0.3, -0.25) is 18.9 Å². The van der Waals surface area contributed by atoms with Gasteiger partial charge in [0.15, 0.2) is 5.82 Å². The number of H-pyrrole nitrogens is 1. The number of nitrogens with one attached hydrogen (secondary N) is 1. The van der Waals surface area contributed by atoms with E-state index in [0.717, 1.165) is 55.3 Å². The van der Waals surface area contributed by atoms with Crippen molar-refractivity contribution in [1.82, 2.24) is 29.8 Å². The largest absolute Gasteiger partial charge is 0.328 e. The van der Waals surface area contributed by atoms with Gasteiger partial charge in [0.25, 0.3) is 0 Å². The molecule has 1 aromatic carbocycles. The standard InChI is InChI=1S/C31H41N7O2/c1-5-6-11-25-19-37(28-26(21(2)3)12-8-13-27(28)22(4)39)30(40)38(25)20-31(14-16-32-17-15-31)24-10-7-9-23(18-24)29-33-35-36-34-29/h7,9-10,14,16-19,21,26-28H,5-6,8,11-13,15,20H2,1-4H3,(H,33,34,35,36). The molecule has 0 radical (unpaired) electrons. The number of carbonyl (C=O) groups is 1. The first-order chi connectivity index (χ1) is 19.3. The van der Waals surface area contributed by atoms with E-state index in [1.54, 1.807) is 6.92 Å². The third-order valence-corrected chi connectivity index (χ3v) is 9.01. The van der Waals surface area contributed by atoms with Crippen molar-refractivity contribution in [3.63, 3.8) is 0 Å². The van der Waals surface area contributed by atoms with Crippen LogP contribution in [0, 0.1) is 17.8 Å². The maximum atomic E-state index is 14.4. The number of tetrazole rings is 1. The fraction of sp³-hybridized carbons (Fsp3) is 0.548. The lowest BCUT2D eigenvalue weighted by Gasteiger charge is -2.39. The highest BCUT2D eigenvalue weighted by atomic mass is 16.2. The third kappa shape index (κ3) is 5.38. The van der Waals surface area contributed by atoms with Crippen molar-refractivity contribution in [2.75, 3.05) is 0 Å². The lowest BCUT2D eigenvalue weighted by atomic mass is 9.71. The summed E-state index contributed by atoms with van der Waals surface area (Å²) in [6, 6.07) is 8.08. The first-order valence-electron chi connectivity index (χ1n) is 14.7. The summed E-state index contributed by atoms with van der Waals surface area (Å²) < 4.78 is 3.91. The van der Waals surface area contributed by atoms with Crippen molar-refractivity contribution in [3.8, 4) is 11.4 Å². The average Bonchev–Trinajstić information content (AvgIpc) is 3.61. The molecule has 0 amide bonds. The SMILES string of the molecule is CCCCc1cn(C2C(C(C)=O)CCCC2C(C)C)c(=O)n1CC1(c2cccc(-c3nnn[nH]3)c2)C=CN=CC1. The van der Waals surface area contributed by atoms with Gasteiger partial charge in [-0.1, -0.05) is 57.9 Å². The van der Waals surface area contributed by atoms with E-state index < -0.39 is 5.41 Å². The number of aliphatic imine (C=N–C) groups is 1. The highest BCUT2D eigenvalue weighted by Crippen LogP contribution is 2.43. The summed E-state index contributed by atoms with van der Waals surface area (Å²) in [4.78, 5) is 31.6. The Hall–Kier alpha value is -3.62. The van der Waals surface area contributed by atoms with E-state index in [0.29, 0.717) is 24.7 Å². The molecule has 4 unspecified atom stereocenters. The van der Waals surface area contributed by atoms with Gasteiger partial charge in [0.2, 0.25) is 0 Å². The van der Waals surface area contributed by atoms with Crippen LogP contribution in [-0.2, 0) is 23.2 Å². The number of aryl methyl sites for hydroxylation is 1. The Kier molecular flexibility index (Phi) is 8.28. The molecule has 2 aliphatic rings. The summed E-state index contributed by atoms with van der Waals surface area (Å²) in [6.07, 6.45) is 14.4. The molecule has 0 spiro atoms. The molecule has 1 N–H and O–H groups in total. The quantitative estimate of drug-likeness (QED) is 0.373. The molecule has 5 rings (SSSR count). The van der Waals surface area contributed by atoms with E-state index in [1.807, 2.05) is 33.7 Å². The van der Waals surface area contributed by atoms with Crippen LogP contribution in [-0.4, -0.2) is 41.8 Å². The smallest absolute Gasteiger partial charge is 0.300 e. The molecule has 40 heavy (non-hydrogen) atoms. The summed E-state index contributed by atoms with van der Waals surface area (Å²) in [5.74, 6) is 1.34. The van der Waals surface area contributed by atoms with Gasteiger partial charge in [-0.25, -0.2) is 9.89 Å². The molecule has 1 fully saturated rings. The van der Waals surface area contributed by atoms with Crippen LogP contribution in [0.15, 0.2) is 52.5 Å². The molecule has 3 aromatic rings. The molecular formula is C31H41N7O2. The van der Waals surface area contributed by atoms with Crippen molar-refractivity contribution >= 4 is 12.0 Å². The Labute approximate surface area is 235 Å². The Morgan fingerprint density at radius 3 is 2.77 bits per heavy atom. The summed E-state index contributed by atoms with van der Waals surface area (Å²) >= 11 is 0. The zero-order valence-electron chi connectivity index (χ0n) is 24.1. The van der Waals surface area contributed by atoms with Gasteiger partial charge in [0.05, 0.1) is 6.04 Å². The van der Waals surface area contributed by atoms with Gasteiger partial charge in [-0.05, 0) is 72.9 Å². The van der Waals surface area contributed by atoms with Crippen LogP contribution in [0.25, 0.3) is 11.4 Å². The van der Waals surface area contributed by atoms with E-state index in [1.165, 1.54) is 0 Å². The Balaban J connectivity index is 1.61. The number of benzene rings is 1. The van der Waals surface area contributed by atoms with Gasteiger partial charge in [-0.15, -0.1) is 5.10 Å². The third-order valence-electron chi connectivity index (χ3n) is 9.01. The molecule has 212 valence electrons. The second-order valence-electron chi connectivity index (χ2n) is 11.9. The first-order valence-corrected chi connectivity index (χ1v) is 14.7. The highest BCUT2D eigenvalue weighted by molar-refractivity contribution is 5.79. The van der Waals surface area contributed by atoms with Crippen molar-refractivity contribution < 1.29 is 4.79 Å². The van der Waals surface area contributed by atoms with E-state index in [2.05, 4.69) is 70.8 Å².